The molecule has 2 aromatic carbocycles. The topological polar surface area (TPSA) is 55.7 Å². The second-order valence-electron chi connectivity index (χ2n) is 9.26. The highest BCUT2D eigenvalue weighted by Gasteiger charge is 2.36. The highest BCUT2D eigenvalue weighted by atomic mass is 32.1. The number of benzene rings is 2. The number of thiophene rings is 1. The van der Waals surface area contributed by atoms with Gasteiger partial charge in [0.15, 0.2) is 0 Å². The predicted molar refractivity (Wildman–Crippen MR) is 143 cm³/mol. The molecule has 2 aliphatic rings. The zero-order valence-electron chi connectivity index (χ0n) is 20.5. The maximum Gasteiger partial charge on any atom is 0.322 e. The molecular formula is C29H29N3O3S. The van der Waals surface area contributed by atoms with Crippen molar-refractivity contribution in [2.45, 2.75) is 38.3 Å². The first-order valence-electron chi connectivity index (χ1n) is 12.3. The molecule has 2 amide bonds. The molecule has 0 unspecified atom stereocenters. The largest absolute Gasteiger partial charge is 0.497 e. The Hall–Kier alpha value is -3.71. The summed E-state index contributed by atoms with van der Waals surface area (Å²) in [6.07, 6.45) is 6.77. The van der Waals surface area contributed by atoms with Crippen molar-refractivity contribution in [1.29, 1.82) is 0 Å². The molecule has 4 aromatic rings. The molecule has 7 heteroatoms. The third-order valence-electron chi connectivity index (χ3n) is 7.19. The van der Waals surface area contributed by atoms with Crippen LogP contribution in [0.3, 0.4) is 0 Å². The van der Waals surface area contributed by atoms with Gasteiger partial charge in [-0.3, -0.25) is 0 Å². The summed E-state index contributed by atoms with van der Waals surface area (Å²) in [6, 6.07) is 19.3. The summed E-state index contributed by atoms with van der Waals surface area (Å²) in [7, 11) is 3.31. The number of hydrogen-bond acceptors (Lipinski definition) is 4. The van der Waals surface area contributed by atoms with Crippen molar-refractivity contribution in [2.24, 2.45) is 0 Å². The van der Waals surface area contributed by atoms with E-state index in [-0.39, 0.29) is 12.1 Å². The van der Waals surface area contributed by atoms with Crippen molar-refractivity contribution in [1.82, 2.24) is 9.47 Å². The molecule has 0 saturated heterocycles. The number of ether oxygens (including phenoxy) is 2. The van der Waals surface area contributed by atoms with Crippen LogP contribution in [0.15, 0.2) is 66.9 Å². The van der Waals surface area contributed by atoms with Crippen molar-refractivity contribution < 1.29 is 14.3 Å². The number of carbonyl (C=O) groups excluding carboxylic acids is 1. The molecule has 3 heterocycles. The van der Waals surface area contributed by atoms with Crippen LogP contribution in [0.1, 0.15) is 46.1 Å². The van der Waals surface area contributed by atoms with E-state index in [4.69, 9.17) is 9.47 Å². The molecule has 0 saturated carbocycles. The molecule has 184 valence electrons. The van der Waals surface area contributed by atoms with Gasteiger partial charge in [0.1, 0.15) is 16.5 Å². The molecule has 0 spiro atoms. The zero-order valence-corrected chi connectivity index (χ0v) is 21.3. The number of fused-ring (bicyclic) bond motifs is 5. The van der Waals surface area contributed by atoms with Crippen molar-refractivity contribution in [3.05, 3.63) is 94.1 Å². The van der Waals surface area contributed by atoms with Crippen molar-refractivity contribution in [2.75, 3.05) is 19.5 Å². The van der Waals surface area contributed by atoms with Gasteiger partial charge >= 0.3 is 6.03 Å². The van der Waals surface area contributed by atoms with E-state index in [1.165, 1.54) is 33.8 Å². The van der Waals surface area contributed by atoms with Crippen LogP contribution < -0.4 is 14.8 Å². The maximum atomic E-state index is 14.0. The van der Waals surface area contributed by atoms with Crippen LogP contribution >= 0.6 is 11.3 Å². The molecule has 1 atom stereocenters. The monoisotopic (exact) mass is 499 g/mol. The Morgan fingerprint density at radius 1 is 0.944 bits per heavy atom. The molecule has 2 aromatic heterocycles. The van der Waals surface area contributed by atoms with Crippen LogP contribution in [0.25, 0.3) is 5.00 Å². The van der Waals surface area contributed by atoms with Gasteiger partial charge in [-0.05, 0) is 85.3 Å². The Morgan fingerprint density at radius 2 is 1.75 bits per heavy atom. The fourth-order valence-corrected chi connectivity index (χ4v) is 6.82. The van der Waals surface area contributed by atoms with Gasteiger partial charge in [-0.15, -0.1) is 11.3 Å². The maximum absolute atomic E-state index is 14.0. The zero-order chi connectivity index (χ0) is 24.6. The van der Waals surface area contributed by atoms with Crippen LogP contribution in [0.2, 0.25) is 0 Å². The smallest absolute Gasteiger partial charge is 0.322 e. The lowest BCUT2D eigenvalue weighted by atomic mass is 9.95. The minimum absolute atomic E-state index is 0.135. The molecule has 6 nitrogen and oxygen atoms in total. The SMILES string of the molecule is COc1ccc(NC(=O)N2Cc3c(sc4c3CCCC4)-n3cccc3[C@@H]2c2cccc(OC)c2)cc1. The first kappa shape index (κ1) is 22.7. The molecule has 36 heavy (non-hydrogen) atoms. The van der Waals surface area contributed by atoms with E-state index in [0.717, 1.165) is 41.3 Å². The third kappa shape index (κ3) is 3.93. The number of nitrogens with one attached hydrogen (secondary N) is 1. The van der Waals surface area contributed by atoms with Crippen molar-refractivity contribution in [3.8, 4) is 16.5 Å². The van der Waals surface area contributed by atoms with Crippen molar-refractivity contribution >= 4 is 23.1 Å². The first-order chi connectivity index (χ1) is 17.7. The van der Waals surface area contributed by atoms with Crippen LogP contribution in [0.5, 0.6) is 11.5 Å². The Bertz CT molecular complexity index is 1410. The Balaban J connectivity index is 1.47. The van der Waals surface area contributed by atoms with E-state index < -0.39 is 0 Å². The minimum Gasteiger partial charge on any atom is -0.497 e. The van der Waals surface area contributed by atoms with E-state index in [1.807, 2.05) is 58.7 Å². The lowest BCUT2D eigenvalue weighted by Crippen LogP contribution is -2.38. The fourth-order valence-electron chi connectivity index (χ4n) is 5.42. The number of nitrogens with zero attached hydrogens (tertiary/aromatic N) is 2. The van der Waals surface area contributed by atoms with Crippen molar-refractivity contribution in [3.63, 3.8) is 0 Å². The van der Waals surface area contributed by atoms with E-state index >= 15 is 0 Å². The normalized spacial score (nSPS) is 16.4. The third-order valence-corrected chi connectivity index (χ3v) is 8.52. The van der Waals surface area contributed by atoms with Crippen LogP contribution in [-0.4, -0.2) is 29.7 Å². The highest BCUT2D eigenvalue weighted by molar-refractivity contribution is 7.15. The van der Waals surface area contributed by atoms with Gasteiger partial charge in [-0.25, -0.2) is 4.79 Å². The summed E-state index contributed by atoms with van der Waals surface area (Å²) >= 11 is 1.89. The second kappa shape index (κ2) is 9.39. The molecular weight excluding hydrogens is 470 g/mol. The van der Waals surface area contributed by atoms with Gasteiger partial charge in [0.25, 0.3) is 0 Å². The predicted octanol–water partition coefficient (Wildman–Crippen LogP) is 6.57. The van der Waals surface area contributed by atoms with Gasteiger partial charge in [-0.1, -0.05) is 12.1 Å². The van der Waals surface area contributed by atoms with E-state index in [1.54, 1.807) is 14.2 Å². The summed E-state index contributed by atoms with van der Waals surface area (Å²) in [4.78, 5) is 17.4. The van der Waals surface area contributed by atoms with Crippen LogP contribution in [-0.2, 0) is 19.4 Å². The summed E-state index contributed by atoms with van der Waals surface area (Å²) in [5, 5.41) is 4.38. The standard InChI is InChI=1S/C29H29N3O3S/c1-34-21-14-12-20(13-15-21)30-29(33)32-18-24-23-9-3-4-11-26(23)36-28(24)31-16-6-10-25(31)27(32)19-7-5-8-22(17-19)35-2/h5-8,10,12-17,27H,3-4,9,11,18H2,1-2H3,(H,30,33)/t27-/m0/s1. The molecule has 6 rings (SSSR count). The summed E-state index contributed by atoms with van der Waals surface area (Å²) in [5.41, 5.74) is 5.54. The van der Waals surface area contributed by atoms with Gasteiger partial charge in [0.05, 0.1) is 32.5 Å². The number of carbonyl (C=O) groups is 1. The minimum atomic E-state index is -0.271. The summed E-state index contributed by atoms with van der Waals surface area (Å²) in [6.45, 7) is 0.548. The van der Waals surface area contributed by atoms with Crippen LogP contribution in [0, 0.1) is 0 Å². The number of amides is 2. The number of methoxy groups -OCH3 is 2. The average Bonchev–Trinajstić information content (AvgIpc) is 3.51. The highest BCUT2D eigenvalue weighted by Crippen LogP contribution is 2.44. The molecule has 0 fully saturated rings. The van der Waals surface area contributed by atoms with E-state index in [9.17, 15) is 4.79 Å². The molecule has 1 aliphatic carbocycles. The number of aromatic nitrogens is 1. The first-order valence-corrected chi connectivity index (χ1v) is 13.1. The van der Waals surface area contributed by atoms with E-state index in [0.29, 0.717) is 6.54 Å². The molecule has 1 N–H and O–H groups in total. The van der Waals surface area contributed by atoms with Gasteiger partial charge < -0.3 is 24.3 Å². The number of hydrogen-bond donors (Lipinski definition) is 1. The Morgan fingerprint density at radius 3 is 2.56 bits per heavy atom. The summed E-state index contributed by atoms with van der Waals surface area (Å²) < 4.78 is 13.1. The van der Waals surface area contributed by atoms with Gasteiger partial charge in [-0.2, -0.15) is 0 Å². The number of anilines is 1. The second-order valence-corrected chi connectivity index (χ2v) is 10.3. The van der Waals surface area contributed by atoms with Gasteiger partial charge in [0, 0.05) is 22.3 Å². The Kier molecular flexibility index (Phi) is 5.93. The number of aryl methyl sites for hydroxylation is 1. The van der Waals surface area contributed by atoms with Crippen LogP contribution in [0.4, 0.5) is 10.5 Å². The van der Waals surface area contributed by atoms with E-state index in [2.05, 4.69) is 34.3 Å². The molecule has 1 aliphatic heterocycles. The number of urea groups is 1. The lowest BCUT2D eigenvalue weighted by Gasteiger charge is -2.31. The quantitative estimate of drug-likeness (QED) is 0.345. The molecule has 0 bridgehead atoms. The fraction of sp³-hybridized carbons (Fsp3) is 0.276. The number of rotatable bonds is 4. The Labute approximate surface area is 215 Å². The summed E-state index contributed by atoms with van der Waals surface area (Å²) in [5.74, 6) is 1.53. The average molecular weight is 500 g/mol. The van der Waals surface area contributed by atoms with Gasteiger partial charge in [0.2, 0.25) is 0 Å². The molecule has 0 radical (unpaired) electrons. The lowest BCUT2D eigenvalue weighted by molar-refractivity contribution is 0.194.